The summed E-state index contributed by atoms with van der Waals surface area (Å²) in [6.07, 6.45) is 5.35. The predicted octanol–water partition coefficient (Wildman–Crippen LogP) is 5.20. The average molecular weight is 473 g/mol. The third kappa shape index (κ3) is 4.22. The first-order valence-corrected chi connectivity index (χ1v) is 11.8. The smallest absolute Gasteiger partial charge is 0.339 e. The van der Waals surface area contributed by atoms with Gasteiger partial charge in [-0.1, -0.05) is 29.8 Å². The Labute approximate surface area is 200 Å². The van der Waals surface area contributed by atoms with Crippen LogP contribution in [0.3, 0.4) is 0 Å². The summed E-state index contributed by atoms with van der Waals surface area (Å²) in [5, 5.41) is 12.1. The highest BCUT2D eigenvalue weighted by Gasteiger charge is 2.20. The number of nitrogens with zero attached hydrogens (tertiary/aromatic N) is 6. The molecule has 0 bridgehead atoms. The maximum atomic E-state index is 13.2. The number of aryl methyl sites for hydroxylation is 2. The molecule has 0 atom stereocenters. The molecule has 5 rings (SSSR count). The molecule has 9 heteroatoms. The topological polar surface area (TPSA) is 87.7 Å². The molecule has 0 unspecified atom stereocenters. The molecule has 8 nitrogen and oxygen atoms in total. The summed E-state index contributed by atoms with van der Waals surface area (Å²) in [6, 6.07) is 9.95. The van der Waals surface area contributed by atoms with Gasteiger partial charge in [0, 0.05) is 35.8 Å². The first kappa shape index (κ1) is 22.0. The lowest BCUT2D eigenvalue weighted by atomic mass is 10.1. The van der Waals surface area contributed by atoms with Crippen molar-refractivity contribution in [2.45, 2.75) is 33.4 Å². The highest BCUT2D eigenvalue weighted by molar-refractivity contribution is 7.13. The van der Waals surface area contributed by atoms with Gasteiger partial charge in [-0.3, -0.25) is 4.68 Å². The molecule has 5 aromatic rings. The molecule has 0 aliphatic heterocycles. The number of hydrogen-bond acceptors (Lipinski definition) is 7. The molecule has 0 saturated carbocycles. The molecule has 0 amide bonds. The zero-order valence-electron chi connectivity index (χ0n) is 19.4. The molecule has 0 fully saturated rings. The van der Waals surface area contributed by atoms with E-state index in [1.807, 2.05) is 68.3 Å². The van der Waals surface area contributed by atoms with E-state index in [2.05, 4.69) is 15.2 Å². The lowest BCUT2D eigenvalue weighted by molar-refractivity contribution is 0.0471. The number of hydrogen-bond donors (Lipinski definition) is 0. The van der Waals surface area contributed by atoms with Crippen molar-refractivity contribution >= 4 is 28.3 Å². The number of ether oxygens (including phenoxy) is 1. The summed E-state index contributed by atoms with van der Waals surface area (Å²) in [4.78, 5) is 22.6. The Kier molecular flexibility index (Phi) is 5.70. The minimum absolute atomic E-state index is 0.0809. The Balaban J connectivity index is 1.45. The number of pyridine rings is 1. The van der Waals surface area contributed by atoms with Crippen molar-refractivity contribution in [2.75, 3.05) is 0 Å². The number of carbonyl (C=O) groups excluding carboxylic acids is 1. The van der Waals surface area contributed by atoms with E-state index in [9.17, 15) is 4.79 Å². The number of carbonyl (C=O) groups is 1. The van der Waals surface area contributed by atoms with Gasteiger partial charge in [0.05, 0.1) is 34.7 Å². The van der Waals surface area contributed by atoms with Crippen LogP contribution in [0.15, 0.2) is 54.3 Å². The van der Waals surface area contributed by atoms with Crippen LogP contribution in [0, 0.1) is 6.92 Å². The van der Waals surface area contributed by atoms with Gasteiger partial charge >= 0.3 is 5.97 Å². The molecular weight excluding hydrogens is 448 g/mol. The van der Waals surface area contributed by atoms with Gasteiger partial charge in [0.15, 0.2) is 5.65 Å². The highest BCUT2D eigenvalue weighted by Crippen LogP contribution is 2.28. The molecule has 0 spiro atoms. The zero-order valence-corrected chi connectivity index (χ0v) is 20.2. The van der Waals surface area contributed by atoms with Gasteiger partial charge < -0.3 is 4.74 Å². The summed E-state index contributed by atoms with van der Waals surface area (Å²) in [5.41, 5.74) is 5.52. The van der Waals surface area contributed by atoms with Crippen LogP contribution in [0.25, 0.3) is 32.9 Å². The Hall–Kier alpha value is -3.85. The standard InChI is InChI=1S/C25H24N6O2S/c1-15(2)31-23-21(11-27-31)20(9-22(29-23)17-7-5-16(3)6-8-17)25(32)33-13-19-14-34-24(28-19)18-10-26-30(4)12-18/h5-12,14-15H,13H2,1-4H3. The Morgan fingerprint density at radius 3 is 2.59 bits per heavy atom. The first-order chi connectivity index (χ1) is 16.4. The van der Waals surface area contributed by atoms with E-state index in [0.29, 0.717) is 28.0 Å². The maximum Gasteiger partial charge on any atom is 0.339 e. The van der Waals surface area contributed by atoms with E-state index in [1.165, 1.54) is 11.3 Å². The average Bonchev–Trinajstić information content (AvgIpc) is 3.56. The fourth-order valence-electron chi connectivity index (χ4n) is 3.69. The van der Waals surface area contributed by atoms with Gasteiger partial charge in [-0.05, 0) is 26.8 Å². The third-order valence-corrected chi connectivity index (χ3v) is 6.42. The lowest BCUT2D eigenvalue weighted by Crippen LogP contribution is -2.08. The van der Waals surface area contributed by atoms with Crippen molar-refractivity contribution in [1.29, 1.82) is 0 Å². The molecule has 1 aromatic carbocycles. The van der Waals surface area contributed by atoms with Gasteiger partial charge in [0.25, 0.3) is 0 Å². The SMILES string of the molecule is Cc1ccc(-c2cc(C(=O)OCc3csc(-c4cnn(C)c4)n3)c3cnn(C(C)C)c3n2)cc1. The second-order valence-electron chi connectivity index (χ2n) is 8.46. The predicted molar refractivity (Wildman–Crippen MR) is 132 cm³/mol. The number of thiazole rings is 1. The van der Waals surface area contributed by atoms with Crippen LogP contribution < -0.4 is 0 Å². The van der Waals surface area contributed by atoms with Crippen LogP contribution in [0.5, 0.6) is 0 Å². The molecule has 0 radical (unpaired) electrons. The van der Waals surface area contributed by atoms with E-state index in [4.69, 9.17) is 9.72 Å². The summed E-state index contributed by atoms with van der Waals surface area (Å²) in [5.74, 6) is -0.431. The van der Waals surface area contributed by atoms with Crippen LogP contribution >= 0.6 is 11.3 Å². The normalized spacial score (nSPS) is 11.4. The minimum atomic E-state index is -0.431. The minimum Gasteiger partial charge on any atom is -0.456 e. The maximum absolute atomic E-state index is 13.2. The van der Waals surface area contributed by atoms with Gasteiger partial charge in [0.1, 0.15) is 11.6 Å². The number of esters is 1. The van der Waals surface area contributed by atoms with Crippen molar-refractivity contribution in [3.8, 4) is 21.8 Å². The summed E-state index contributed by atoms with van der Waals surface area (Å²) in [6.45, 7) is 6.19. The molecule has 0 N–H and O–H groups in total. The van der Waals surface area contributed by atoms with E-state index in [-0.39, 0.29) is 12.6 Å². The van der Waals surface area contributed by atoms with Crippen molar-refractivity contribution in [3.63, 3.8) is 0 Å². The number of rotatable bonds is 6. The van der Waals surface area contributed by atoms with Gasteiger partial charge in [0.2, 0.25) is 0 Å². The van der Waals surface area contributed by atoms with Crippen molar-refractivity contribution in [1.82, 2.24) is 29.5 Å². The molecule has 4 aromatic heterocycles. The number of aromatic nitrogens is 6. The van der Waals surface area contributed by atoms with Crippen LogP contribution in [-0.4, -0.2) is 35.5 Å². The largest absolute Gasteiger partial charge is 0.456 e. The van der Waals surface area contributed by atoms with Crippen LogP contribution in [0.4, 0.5) is 0 Å². The van der Waals surface area contributed by atoms with Gasteiger partial charge in [-0.25, -0.2) is 19.4 Å². The Morgan fingerprint density at radius 1 is 1.09 bits per heavy atom. The summed E-state index contributed by atoms with van der Waals surface area (Å²) in [7, 11) is 1.86. The quantitative estimate of drug-likeness (QED) is 0.316. The fourth-order valence-corrected chi connectivity index (χ4v) is 4.47. The zero-order chi connectivity index (χ0) is 23.8. The molecule has 0 saturated heterocycles. The molecular formula is C25H24N6O2S. The van der Waals surface area contributed by atoms with Crippen LogP contribution in [0.2, 0.25) is 0 Å². The Morgan fingerprint density at radius 2 is 1.88 bits per heavy atom. The monoisotopic (exact) mass is 472 g/mol. The lowest BCUT2D eigenvalue weighted by Gasteiger charge is -2.11. The summed E-state index contributed by atoms with van der Waals surface area (Å²) < 4.78 is 9.23. The van der Waals surface area contributed by atoms with Gasteiger partial charge in [-0.15, -0.1) is 11.3 Å². The number of fused-ring (bicyclic) bond motifs is 1. The van der Waals surface area contributed by atoms with Crippen LogP contribution in [-0.2, 0) is 18.4 Å². The van der Waals surface area contributed by atoms with Crippen molar-refractivity contribution in [2.24, 2.45) is 7.05 Å². The molecule has 0 aliphatic carbocycles. The van der Waals surface area contributed by atoms with E-state index < -0.39 is 5.97 Å². The van der Waals surface area contributed by atoms with E-state index in [1.54, 1.807) is 23.1 Å². The molecule has 34 heavy (non-hydrogen) atoms. The van der Waals surface area contributed by atoms with E-state index >= 15 is 0 Å². The summed E-state index contributed by atoms with van der Waals surface area (Å²) >= 11 is 1.49. The van der Waals surface area contributed by atoms with Crippen molar-refractivity contribution < 1.29 is 9.53 Å². The third-order valence-electron chi connectivity index (χ3n) is 5.48. The van der Waals surface area contributed by atoms with Crippen molar-refractivity contribution in [3.05, 3.63) is 71.1 Å². The highest BCUT2D eigenvalue weighted by atomic mass is 32.1. The fraction of sp³-hybridized carbons (Fsp3) is 0.240. The molecule has 4 heterocycles. The second kappa shape index (κ2) is 8.83. The number of benzene rings is 1. The first-order valence-electron chi connectivity index (χ1n) is 10.9. The second-order valence-corrected chi connectivity index (χ2v) is 9.32. The van der Waals surface area contributed by atoms with Gasteiger partial charge in [-0.2, -0.15) is 10.2 Å². The van der Waals surface area contributed by atoms with E-state index in [0.717, 1.165) is 21.7 Å². The molecule has 0 aliphatic rings. The molecule has 172 valence electrons. The Bertz CT molecular complexity index is 1480. The van der Waals surface area contributed by atoms with Crippen LogP contribution in [0.1, 0.15) is 41.5 Å².